The SMILES string of the molecule is CCc1ncc(CNC2CCOc3ccccc32)s1. The number of aromatic nitrogens is 1. The van der Waals surface area contributed by atoms with Gasteiger partial charge in [-0.2, -0.15) is 0 Å². The maximum atomic E-state index is 5.68. The molecule has 0 aliphatic carbocycles. The maximum absolute atomic E-state index is 5.68. The summed E-state index contributed by atoms with van der Waals surface area (Å²) in [5.41, 5.74) is 1.27. The van der Waals surface area contributed by atoms with Gasteiger partial charge in [0.05, 0.1) is 11.6 Å². The third-order valence-corrected chi connectivity index (χ3v) is 4.53. The Bertz CT molecular complexity index is 553. The largest absolute Gasteiger partial charge is 0.493 e. The lowest BCUT2D eigenvalue weighted by Gasteiger charge is -2.26. The van der Waals surface area contributed by atoms with Crippen molar-refractivity contribution < 1.29 is 4.74 Å². The fraction of sp³-hybridized carbons (Fsp3) is 0.400. The molecule has 1 aliphatic heterocycles. The zero-order valence-corrected chi connectivity index (χ0v) is 11.9. The Balaban J connectivity index is 1.68. The molecule has 0 radical (unpaired) electrons. The Labute approximate surface area is 117 Å². The molecule has 0 amide bonds. The van der Waals surface area contributed by atoms with Crippen molar-refractivity contribution >= 4 is 11.3 Å². The van der Waals surface area contributed by atoms with Gasteiger partial charge in [-0.15, -0.1) is 11.3 Å². The van der Waals surface area contributed by atoms with E-state index in [1.54, 1.807) is 11.3 Å². The summed E-state index contributed by atoms with van der Waals surface area (Å²) in [6, 6.07) is 8.68. The smallest absolute Gasteiger partial charge is 0.124 e. The molecule has 0 spiro atoms. The molecule has 100 valence electrons. The highest BCUT2D eigenvalue weighted by molar-refractivity contribution is 7.11. The third-order valence-electron chi connectivity index (χ3n) is 3.39. The molecule has 19 heavy (non-hydrogen) atoms. The second-order valence-electron chi connectivity index (χ2n) is 4.68. The Morgan fingerprint density at radius 2 is 2.32 bits per heavy atom. The summed E-state index contributed by atoms with van der Waals surface area (Å²) in [5, 5.41) is 4.83. The average molecular weight is 274 g/mol. The topological polar surface area (TPSA) is 34.2 Å². The molecule has 2 heterocycles. The van der Waals surface area contributed by atoms with Crippen LogP contribution in [-0.2, 0) is 13.0 Å². The summed E-state index contributed by atoms with van der Waals surface area (Å²) in [6.07, 6.45) is 4.03. The van der Waals surface area contributed by atoms with Crippen LogP contribution in [0.2, 0.25) is 0 Å². The van der Waals surface area contributed by atoms with E-state index in [2.05, 4.69) is 29.4 Å². The van der Waals surface area contributed by atoms with Gasteiger partial charge in [-0.25, -0.2) is 4.98 Å². The predicted octanol–water partition coefficient (Wildman–Crippen LogP) is 3.32. The molecule has 3 rings (SSSR count). The molecule has 1 N–H and O–H groups in total. The van der Waals surface area contributed by atoms with E-state index >= 15 is 0 Å². The van der Waals surface area contributed by atoms with Gasteiger partial charge in [0.2, 0.25) is 0 Å². The Morgan fingerprint density at radius 1 is 1.42 bits per heavy atom. The third kappa shape index (κ3) is 2.80. The molecule has 0 bridgehead atoms. The summed E-state index contributed by atoms with van der Waals surface area (Å²) in [5.74, 6) is 1.02. The van der Waals surface area contributed by atoms with E-state index in [-0.39, 0.29) is 0 Å². The van der Waals surface area contributed by atoms with Gasteiger partial charge in [0.25, 0.3) is 0 Å². The van der Waals surface area contributed by atoms with Crippen molar-refractivity contribution in [1.82, 2.24) is 10.3 Å². The van der Waals surface area contributed by atoms with E-state index in [4.69, 9.17) is 4.74 Å². The molecule has 3 nitrogen and oxygen atoms in total. The normalized spacial score (nSPS) is 17.8. The summed E-state index contributed by atoms with van der Waals surface area (Å²) >= 11 is 1.80. The second kappa shape index (κ2) is 5.72. The average Bonchev–Trinajstić information content (AvgIpc) is 2.93. The highest BCUT2D eigenvalue weighted by atomic mass is 32.1. The molecule has 0 saturated carbocycles. The minimum absolute atomic E-state index is 0.386. The monoisotopic (exact) mass is 274 g/mol. The zero-order chi connectivity index (χ0) is 13.1. The van der Waals surface area contributed by atoms with Crippen LogP contribution < -0.4 is 10.1 Å². The van der Waals surface area contributed by atoms with Crippen LogP contribution in [0.15, 0.2) is 30.5 Å². The van der Waals surface area contributed by atoms with Crippen molar-refractivity contribution in [3.05, 3.63) is 45.9 Å². The zero-order valence-electron chi connectivity index (χ0n) is 11.1. The van der Waals surface area contributed by atoms with E-state index in [0.29, 0.717) is 6.04 Å². The fourth-order valence-electron chi connectivity index (χ4n) is 2.37. The number of nitrogens with zero attached hydrogens (tertiary/aromatic N) is 1. The molecule has 2 aromatic rings. The van der Waals surface area contributed by atoms with E-state index in [0.717, 1.165) is 31.7 Å². The van der Waals surface area contributed by atoms with Crippen LogP contribution >= 0.6 is 11.3 Å². The molecule has 1 atom stereocenters. The first-order valence-electron chi connectivity index (χ1n) is 6.75. The van der Waals surface area contributed by atoms with Crippen molar-refractivity contribution in [1.29, 1.82) is 0 Å². The number of ether oxygens (including phenoxy) is 1. The van der Waals surface area contributed by atoms with Crippen LogP contribution in [0.5, 0.6) is 5.75 Å². The lowest BCUT2D eigenvalue weighted by molar-refractivity contribution is 0.252. The summed E-state index contributed by atoms with van der Waals surface area (Å²) in [6.45, 7) is 3.82. The van der Waals surface area contributed by atoms with Crippen LogP contribution in [0.25, 0.3) is 0 Å². The minimum Gasteiger partial charge on any atom is -0.493 e. The van der Waals surface area contributed by atoms with Crippen molar-refractivity contribution in [3.63, 3.8) is 0 Å². The number of aryl methyl sites for hydroxylation is 1. The molecule has 1 aromatic heterocycles. The van der Waals surface area contributed by atoms with Crippen LogP contribution in [0, 0.1) is 0 Å². The van der Waals surface area contributed by atoms with Crippen molar-refractivity contribution in [3.8, 4) is 5.75 Å². The highest BCUT2D eigenvalue weighted by Gasteiger charge is 2.20. The molecular formula is C15H18N2OS. The molecule has 1 unspecified atom stereocenters. The van der Waals surface area contributed by atoms with Gasteiger partial charge in [0, 0.05) is 35.6 Å². The summed E-state index contributed by atoms with van der Waals surface area (Å²) < 4.78 is 5.68. The van der Waals surface area contributed by atoms with Gasteiger partial charge in [0.15, 0.2) is 0 Å². The quantitative estimate of drug-likeness (QED) is 0.928. The van der Waals surface area contributed by atoms with E-state index in [9.17, 15) is 0 Å². The highest BCUT2D eigenvalue weighted by Crippen LogP contribution is 2.31. The molecule has 4 heteroatoms. The van der Waals surface area contributed by atoms with Crippen molar-refractivity contribution in [2.45, 2.75) is 32.4 Å². The molecule has 0 saturated heterocycles. The van der Waals surface area contributed by atoms with E-state index in [1.807, 2.05) is 18.3 Å². The summed E-state index contributed by atoms with van der Waals surface area (Å²) in [7, 11) is 0. The standard InChI is InChI=1S/C15H18N2OS/c1-2-15-17-10-11(19-15)9-16-13-7-8-18-14-6-4-3-5-12(13)14/h3-6,10,13,16H,2,7-9H2,1H3. The number of hydrogen-bond acceptors (Lipinski definition) is 4. The van der Waals surface area contributed by atoms with Gasteiger partial charge in [-0.1, -0.05) is 25.1 Å². The first-order chi connectivity index (χ1) is 9.36. The maximum Gasteiger partial charge on any atom is 0.124 e. The number of thiazole rings is 1. The fourth-order valence-corrected chi connectivity index (χ4v) is 3.18. The van der Waals surface area contributed by atoms with Crippen LogP contribution in [-0.4, -0.2) is 11.6 Å². The number of para-hydroxylation sites is 1. The Morgan fingerprint density at radius 3 is 3.16 bits per heavy atom. The number of nitrogens with one attached hydrogen (secondary N) is 1. The molecule has 0 fully saturated rings. The van der Waals surface area contributed by atoms with Gasteiger partial charge in [-0.3, -0.25) is 0 Å². The minimum atomic E-state index is 0.386. The van der Waals surface area contributed by atoms with E-state index in [1.165, 1.54) is 15.4 Å². The predicted molar refractivity (Wildman–Crippen MR) is 77.6 cm³/mol. The summed E-state index contributed by atoms with van der Waals surface area (Å²) in [4.78, 5) is 5.70. The molecule has 1 aliphatic rings. The van der Waals surface area contributed by atoms with Crippen LogP contribution in [0.1, 0.15) is 34.8 Å². The van der Waals surface area contributed by atoms with Crippen LogP contribution in [0.4, 0.5) is 0 Å². The first kappa shape index (κ1) is 12.6. The van der Waals surface area contributed by atoms with Crippen molar-refractivity contribution in [2.75, 3.05) is 6.61 Å². The molecule has 1 aromatic carbocycles. The molecular weight excluding hydrogens is 256 g/mol. The lowest BCUT2D eigenvalue weighted by Crippen LogP contribution is -2.26. The number of hydrogen-bond donors (Lipinski definition) is 1. The van der Waals surface area contributed by atoms with Gasteiger partial charge < -0.3 is 10.1 Å². The van der Waals surface area contributed by atoms with Gasteiger partial charge in [0.1, 0.15) is 5.75 Å². The Kier molecular flexibility index (Phi) is 3.80. The van der Waals surface area contributed by atoms with E-state index < -0.39 is 0 Å². The van der Waals surface area contributed by atoms with Gasteiger partial charge in [-0.05, 0) is 12.5 Å². The number of rotatable bonds is 4. The van der Waals surface area contributed by atoms with Gasteiger partial charge >= 0.3 is 0 Å². The number of benzene rings is 1. The first-order valence-corrected chi connectivity index (χ1v) is 7.57. The van der Waals surface area contributed by atoms with Crippen LogP contribution in [0.3, 0.4) is 0 Å². The Hall–Kier alpha value is -1.39. The second-order valence-corrected chi connectivity index (χ2v) is 5.88. The van der Waals surface area contributed by atoms with Crippen molar-refractivity contribution in [2.24, 2.45) is 0 Å². The lowest BCUT2D eigenvalue weighted by atomic mass is 10.0. The number of fused-ring (bicyclic) bond motifs is 1.